The Labute approximate surface area is 242 Å². The standard InChI is InChI=1S/C30H33F3N6OS/c1-19(20-7-9-22(40-2)10-8-20)17-21-5-3-11-29(21)12-15-39(16-13-29)27-23(18-34)37-28(26(35)38-27)41-24-6-4-14-36-25(24)30(31,32)33/h4,6-10,14,19,21H,3,5,11-13,15-17H2,1-2H3,(H2,35,38)/t19-,21-/m0/s1. The number of piperidine rings is 1. The zero-order valence-corrected chi connectivity index (χ0v) is 23.9. The maximum absolute atomic E-state index is 13.4. The van der Waals surface area contributed by atoms with E-state index in [9.17, 15) is 18.4 Å². The maximum Gasteiger partial charge on any atom is 0.434 e. The lowest BCUT2D eigenvalue weighted by atomic mass is 9.67. The number of pyridine rings is 1. The van der Waals surface area contributed by atoms with Gasteiger partial charge in [-0.05, 0) is 79.2 Å². The van der Waals surface area contributed by atoms with Crippen molar-refractivity contribution in [1.29, 1.82) is 5.26 Å². The lowest BCUT2D eigenvalue weighted by molar-refractivity contribution is -0.143. The molecule has 216 valence electrons. The molecule has 2 N–H and O–H groups in total. The van der Waals surface area contributed by atoms with Crippen LogP contribution in [0.1, 0.15) is 68.3 Å². The highest BCUT2D eigenvalue weighted by atomic mass is 32.2. The van der Waals surface area contributed by atoms with E-state index in [0.717, 1.165) is 44.3 Å². The van der Waals surface area contributed by atoms with Crippen molar-refractivity contribution in [2.24, 2.45) is 11.3 Å². The van der Waals surface area contributed by atoms with Crippen LogP contribution < -0.4 is 15.4 Å². The van der Waals surface area contributed by atoms with Crippen molar-refractivity contribution in [3.05, 3.63) is 59.5 Å². The molecule has 1 saturated heterocycles. The van der Waals surface area contributed by atoms with Gasteiger partial charge in [0.05, 0.1) is 7.11 Å². The zero-order chi connectivity index (χ0) is 29.2. The predicted octanol–water partition coefficient (Wildman–Crippen LogP) is 7.08. The van der Waals surface area contributed by atoms with Gasteiger partial charge >= 0.3 is 6.18 Å². The van der Waals surface area contributed by atoms with Crippen LogP contribution in [0.2, 0.25) is 0 Å². The number of nitriles is 1. The minimum atomic E-state index is -4.63. The van der Waals surface area contributed by atoms with Crippen molar-refractivity contribution in [2.75, 3.05) is 30.8 Å². The summed E-state index contributed by atoms with van der Waals surface area (Å²) >= 11 is 0.716. The Kier molecular flexibility index (Phi) is 8.32. The quantitative estimate of drug-likeness (QED) is 0.315. The molecule has 2 fully saturated rings. The number of hydrogen-bond donors (Lipinski definition) is 1. The summed E-state index contributed by atoms with van der Waals surface area (Å²) in [6, 6.07) is 13.1. The van der Waals surface area contributed by atoms with Crippen LogP contribution in [0.5, 0.6) is 5.75 Å². The van der Waals surface area contributed by atoms with Gasteiger partial charge in [-0.2, -0.15) is 18.4 Å². The van der Waals surface area contributed by atoms with Gasteiger partial charge in [0.1, 0.15) is 16.8 Å². The Morgan fingerprint density at radius 2 is 1.90 bits per heavy atom. The Morgan fingerprint density at radius 3 is 2.56 bits per heavy atom. The molecule has 3 heterocycles. The minimum absolute atomic E-state index is 0.00618. The fourth-order valence-corrected chi connectivity index (χ4v) is 7.39. The fourth-order valence-electron chi connectivity index (χ4n) is 6.48. The highest BCUT2D eigenvalue weighted by Gasteiger charge is 2.45. The van der Waals surface area contributed by atoms with Gasteiger partial charge in [0.25, 0.3) is 0 Å². The highest BCUT2D eigenvalue weighted by molar-refractivity contribution is 7.99. The van der Waals surface area contributed by atoms with Crippen LogP contribution in [-0.4, -0.2) is 35.2 Å². The van der Waals surface area contributed by atoms with E-state index in [1.165, 1.54) is 37.0 Å². The fraction of sp³-hybridized carbons (Fsp3) is 0.467. The molecular formula is C30H33F3N6OS. The number of alkyl halides is 3. The van der Waals surface area contributed by atoms with Gasteiger partial charge in [-0.1, -0.05) is 37.2 Å². The van der Waals surface area contributed by atoms with E-state index in [1.54, 1.807) is 7.11 Å². The number of methoxy groups -OCH3 is 1. The monoisotopic (exact) mass is 582 g/mol. The largest absolute Gasteiger partial charge is 0.497 e. The van der Waals surface area contributed by atoms with E-state index < -0.39 is 11.9 Å². The third-order valence-corrected chi connectivity index (χ3v) is 9.74. The van der Waals surface area contributed by atoms with Gasteiger partial charge in [-0.25, -0.2) is 9.97 Å². The molecule has 2 aliphatic rings. The van der Waals surface area contributed by atoms with Crippen molar-refractivity contribution in [3.63, 3.8) is 0 Å². The second-order valence-electron chi connectivity index (χ2n) is 11.0. The van der Waals surface area contributed by atoms with Crippen LogP contribution in [0.3, 0.4) is 0 Å². The Bertz CT molecular complexity index is 1420. The molecule has 0 unspecified atom stereocenters. The van der Waals surface area contributed by atoms with Crippen LogP contribution in [0.4, 0.5) is 24.8 Å². The number of anilines is 2. The average Bonchev–Trinajstić information content (AvgIpc) is 3.34. The summed E-state index contributed by atoms with van der Waals surface area (Å²) in [7, 11) is 1.68. The lowest BCUT2D eigenvalue weighted by Crippen LogP contribution is -2.43. The predicted molar refractivity (Wildman–Crippen MR) is 152 cm³/mol. The molecule has 5 rings (SSSR count). The van der Waals surface area contributed by atoms with Crippen molar-refractivity contribution in [1.82, 2.24) is 15.0 Å². The van der Waals surface area contributed by atoms with Crippen molar-refractivity contribution in [2.45, 2.75) is 67.5 Å². The normalized spacial score (nSPS) is 19.2. The maximum atomic E-state index is 13.4. The number of halogens is 3. The molecular weight excluding hydrogens is 549 g/mol. The van der Waals surface area contributed by atoms with Gasteiger partial charge in [0.15, 0.2) is 23.0 Å². The van der Waals surface area contributed by atoms with E-state index in [-0.39, 0.29) is 26.8 Å². The number of benzene rings is 1. The Balaban J connectivity index is 1.29. The van der Waals surface area contributed by atoms with Crippen molar-refractivity contribution < 1.29 is 17.9 Å². The summed E-state index contributed by atoms with van der Waals surface area (Å²) in [5, 5.41) is 9.93. The summed E-state index contributed by atoms with van der Waals surface area (Å²) < 4.78 is 45.6. The van der Waals surface area contributed by atoms with E-state index >= 15 is 0 Å². The van der Waals surface area contributed by atoms with E-state index in [1.807, 2.05) is 12.1 Å². The number of nitrogens with zero attached hydrogens (tertiary/aromatic N) is 5. The summed E-state index contributed by atoms with van der Waals surface area (Å²) in [5.41, 5.74) is 6.80. The second kappa shape index (κ2) is 11.8. The Morgan fingerprint density at radius 1 is 1.17 bits per heavy atom. The molecule has 1 saturated carbocycles. The molecule has 1 aliphatic heterocycles. The molecule has 0 bridgehead atoms. The second-order valence-corrected chi connectivity index (χ2v) is 12.0. The first-order valence-corrected chi connectivity index (χ1v) is 14.6. The van der Waals surface area contributed by atoms with E-state index in [2.05, 4.69) is 45.0 Å². The molecule has 1 spiro atoms. The first kappa shape index (κ1) is 29.0. The number of hydrogen-bond acceptors (Lipinski definition) is 8. The SMILES string of the molecule is COc1ccc([C@@H](C)C[C@@H]2CCCC23CCN(c2nc(N)c(Sc4cccnc4C(F)(F)F)nc2C#N)CC3)cc1. The zero-order valence-electron chi connectivity index (χ0n) is 23.1. The smallest absolute Gasteiger partial charge is 0.434 e. The molecule has 1 aliphatic carbocycles. The molecule has 1 aromatic carbocycles. The summed E-state index contributed by atoms with van der Waals surface area (Å²) in [4.78, 5) is 14.2. The molecule has 2 atom stereocenters. The van der Waals surface area contributed by atoms with Crippen LogP contribution in [-0.2, 0) is 6.18 Å². The topological polar surface area (TPSA) is 101 Å². The molecule has 3 aromatic rings. The number of ether oxygens (including phenoxy) is 1. The van der Waals surface area contributed by atoms with Crippen LogP contribution in [0.25, 0.3) is 0 Å². The third kappa shape index (κ3) is 6.08. The van der Waals surface area contributed by atoms with Gasteiger partial charge in [-0.3, -0.25) is 4.98 Å². The average molecular weight is 583 g/mol. The molecule has 41 heavy (non-hydrogen) atoms. The van der Waals surface area contributed by atoms with Crippen molar-refractivity contribution >= 4 is 23.4 Å². The molecule has 7 nitrogen and oxygen atoms in total. The van der Waals surface area contributed by atoms with Gasteiger partial charge < -0.3 is 15.4 Å². The summed E-state index contributed by atoms with van der Waals surface area (Å²) in [5.74, 6) is 2.31. The van der Waals surface area contributed by atoms with E-state index in [0.29, 0.717) is 29.4 Å². The molecule has 11 heteroatoms. The molecule has 2 aromatic heterocycles. The number of aromatic nitrogens is 3. The minimum Gasteiger partial charge on any atom is -0.497 e. The highest BCUT2D eigenvalue weighted by Crippen LogP contribution is 2.54. The number of nitrogens with two attached hydrogens (primary N) is 1. The Hall–Kier alpha value is -3.52. The van der Waals surface area contributed by atoms with Crippen molar-refractivity contribution in [3.8, 4) is 11.8 Å². The van der Waals surface area contributed by atoms with Gasteiger partial charge in [-0.15, -0.1) is 0 Å². The van der Waals surface area contributed by atoms with Crippen LogP contribution >= 0.6 is 11.8 Å². The van der Waals surface area contributed by atoms with Crippen LogP contribution in [0, 0.1) is 22.7 Å². The first-order chi connectivity index (χ1) is 19.6. The summed E-state index contributed by atoms with van der Waals surface area (Å²) in [6.07, 6.45) is 3.20. The summed E-state index contributed by atoms with van der Waals surface area (Å²) in [6.45, 7) is 3.75. The first-order valence-electron chi connectivity index (χ1n) is 13.8. The van der Waals surface area contributed by atoms with E-state index in [4.69, 9.17) is 10.5 Å². The number of rotatable bonds is 7. The van der Waals surface area contributed by atoms with Gasteiger partial charge in [0.2, 0.25) is 0 Å². The third-order valence-electron chi connectivity index (χ3n) is 8.70. The molecule has 0 radical (unpaired) electrons. The van der Waals surface area contributed by atoms with Gasteiger partial charge in [0, 0.05) is 24.2 Å². The number of nitrogen functional groups attached to an aromatic ring is 1. The molecule has 0 amide bonds. The van der Waals surface area contributed by atoms with Crippen LogP contribution in [0.15, 0.2) is 52.5 Å². The lowest BCUT2D eigenvalue weighted by Gasteiger charge is -2.44.